The molecular formula is C13H13ClN2S. The van der Waals surface area contributed by atoms with Gasteiger partial charge in [0.05, 0.1) is 12.1 Å². The molecule has 0 N–H and O–H groups in total. The predicted molar refractivity (Wildman–Crippen MR) is 72.9 cm³/mol. The molecule has 3 aliphatic rings. The lowest BCUT2D eigenvalue weighted by molar-refractivity contribution is 0.297. The van der Waals surface area contributed by atoms with Crippen LogP contribution < -0.4 is 0 Å². The van der Waals surface area contributed by atoms with Gasteiger partial charge in [0.15, 0.2) is 5.17 Å². The van der Waals surface area contributed by atoms with Crippen LogP contribution in [0.2, 0.25) is 5.02 Å². The number of thioether (sulfide) groups is 1. The summed E-state index contributed by atoms with van der Waals surface area (Å²) in [4.78, 5) is 7.41. The highest BCUT2D eigenvalue weighted by Crippen LogP contribution is 2.44. The van der Waals surface area contributed by atoms with Gasteiger partial charge in [-0.05, 0) is 36.1 Å². The molecule has 0 aromatic heterocycles. The molecule has 1 aromatic carbocycles. The zero-order valence-corrected chi connectivity index (χ0v) is 11.0. The van der Waals surface area contributed by atoms with Crippen molar-refractivity contribution in [1.82, 2.24) is 4.90 Å². The van der Waals surface area contributed by atoms with Crippen molar-refractivity contribution in [3.8, 4) is 0 Å². The van der Waals surface area contributed by atoms with Gasteiger partial charge < -0.3 is 4.90 Å². The Morgan fingerprint density at radius 2 is 2.35 bits per heavy atom. The molecule has 2 aliphatic heterocycles. The maximum atomic E-state index is 6.07. The van der Waals surface area contributed by atoms with Crippen LogP contribution in [0.3, 0.4) is 0 Å². The summed E-state index contributed by atoms with van der Waals surface area (Å²) in [6.45, 7) is 1.17. The summed E-state index contributed by atoms with van der Waals surface area (Å²) < 4.78 is 0. The lowest BCUT2D eigenvalue weighted by Crippen LogP contribution is -2.36. The van der Waals surface area contributed by atoms with E-state index in [0.717, 1.165) is 11.4 Å². The quantitative estimate of drug-likeness (QED) is 0.716. The van der Waals surface area contributed by atoms with Gasteiger partial charge in [-0.1, -0.05) is 29.4 Å². The van der Waals surface area contributed by atoms with Crippen molar-refractivity contribution < 1.29 is 0 Å². The first-order chi connectivity index (χ1) is 8.33. The number of aryl methyl sites for hydroxylation is 1. The molecule has 0 amide bonds. The smallest absolute Gasteiger partial charge is 0.160 e. The fourth-order valence-corrected chi connectivity index (χ4v) is 4.43. The van der Waals surface area contributed by atoms with Crippen LogP contribution in [0, 0.1) is 0 Å². The van der Waals surface area contributed by atoms with E-state index in [1.807, 2.05) is 17.8 Å². The Labute approximate surface area is 110 Å². The number of nitrogens with zero attached hydrogens (tertiary/aromatic N) is 2. The maximum absolute atomic E-state index is 6.07. The van der Waals surface area contributed by atoms with Crippen molar-refractivity contribution in [2.75, 3.05) is 12.3 Å². The standard InChI is InChI=1S/C13H13ClN2S/c14-9-2-3-10-8(7-9)1-4-11-12(10)15-13-16(11)5-6-17-13/h2-3,7,11-12H,1,4-6H2/t11-,12-/m1/s1. The van der Waals surface area contributed by atoms with E-state index >= 15 is 0 Å². The predicted octanol–water partition coefficient (Wildman–Crippen LogP) is 3.11. The van der Waals surface area contributed by atoms with Gasteiger partial charge in [0.1, 0.15) is 0 Å². The minimum atomic E-state index is 0.360. The lowest BCUT2D eigenvalue weighted by atomic mass is 9.84. The number of hydrogen-bond acceptors (Lipinski definition) is 3. The summed E-state index contributed by atoms with van der Waals surface area (Å²) in [5.74, 6) is 1.20. The zero-order valence-electron chi connectivity index (χ0n) is 9.40. The van der Waals surface area contributed by atoms with Gasteiger partial charge in [-0.25, -0.2) is 0 Å². The molecule has 1 aromatic rings. The van der Waals surface area contributed by atoms with E-state index in [2.05, 4.69) is 17.0 Å². The van der Waals surface area contributed by atoms with Gasteiger partial charge >= 0.3 is 0 Å². The second-order valence-electron chi connectivity index (χ2n) is 4.85. The minimum absolute atomic E-state index is 0.360. The van der Waals surface area contributed by atoms with Gasteiger partial charge in [0.2, 0.25) is 0 Å². The summed E-state index contributed by atoms with van der Waals surface area (Å²) in [6, 6.07) is 7.25. The molecule has 2 nitrogen and oxygen atoms in total. The highest BCUT2D eigenvalue weighted by Gasteiger charge is 2.42. The molecule has 0 radical (unpaired) electrons. The first kappa shape index (κ1) is 10.3. The molecule has 0 unspecified atom stereocenters. The fourth-order valence-electron chi connectivity index (χ4n) is 3.18. The van der Waals surface area contributed by atoms with Gasteiger partial charge in [0, 0.05) is 17.3 Å². The van der Waals surface area contributed by atoms with Crippen molar-refractivity contribution in [3.05, 3.63) is 34.3 Å². The van der Waals surface area contributed by atoms with E-state index in [0.29, 0.717) is 12.1 Å². The number of fused-ring (bicyclic) bond motifs is 5. The first-order valence-electron chi connectivity index (χ1n) is 6.08. The number of aliphatic imine (C=N–C) groups is 1. The van der Waals surface area contributed by atoms with Gasteiger partial charge in [0.25, 0.3) is 0 Å². The molecular weight excluding hydrogens is 252 g/mol. The van der Waals surface area contributed by atoms with Gasteiger partial charge in [-0.15, -0.1) is 0 Å². The molecule has 2 heterocycles. The summed E-state index contributed by atoms with van der Waals surface area (Å²) in [5.41, 5.74) is 2.79. The third-order valence-corrected chi connectivity index (χ3v) is 5.18. The Morgan fingerprint density at radius 1 is 1.41 bits per heavy atom. The number of amidine groups is 1. The Kier molecular flexibility index (Phi) is 2.21. The van der Waals surface area contributed by atoms with E-state index < -0.39 is 0 Å². The Bertz CT molecular complexity index is 514. The average molecular weight is 265 g/mol. The number of rotatable bonds is 0. The van der Waals surface area contributed by atoms with E-state index in [-0.39, 0.29) is 0 Å². The molecule has 1 fully saturated rings. The van der Waals surface area contributed by atoms with Gasteiger partial charge in [-0.3, -0.25) is 4.99 Å². The van der Waals surface area contributed by atoms with Crippen LogP contribution in [0.15, 0.2) is 23.2 Å². The number of halogens is 1. The van der Waals surface area contributed by atoms with E-state index in [4.69, 9.17) is 16.6 Å². The third-order valence-electron chi connectivity index (χ3n) is 3.96. The molecule has 0 saturated carbocycles. The molecule has 0 spiro atoms. The van der Waals surface area contributed by atoms with Crippen LogP contribution in [-0.4, -0.2) is 28.4 Å². The van der Waals surface area contributed by atoms with Gasteiger partial charge in [-0.2, -0.15) is 0 Å². The number of hydrogen-bond donors (Lipinski definition) is 0. The molecule has 4 rings (SSSR count). The highest BCUT2D eigenvalue weighted by molar-refractivity contribution is 8.14. The molecule has 1 aliphatic carbocycles. The second kappa shape index (κ2) is 3.66. The van der Waals surface area contributed by atoms with Crippen LogP contribution in [0.25, 0.3) is 0 Å². The normalized spacial score (nSPS) is 29.7. The monoisotopic (exact) mass is 264 g/mol. The molecule has 4 heteroatoms. The van der Waals surface area contributed by atoms with Crippen molar-refractivity contribution in [3.63, 3.8) is 0 Å². The Morgan fingerprint density at radius 3 is 3.29 bits per heavy atom. The molecule has 17 heavy (non-hydrogen) atoms. The maximum Gasteiger partial charge on any atom is 0.160 e. The molecule has 1 saturated heterocycles. The summed E-state index contributed by atoms with van der Waals surface area (Å²) >= 11 is 7.97. The molecule has 88 valence electrons. The largest absolute Gasteiger partial charge is 0.345 e. The van der Waals surface area contributed by atoms with Crippen LogP contribution >= 0.6 is 23.4 Å². The second-order valence-corrected chi connectivity index (χ2v) is 6.35. The third kappa shape index (κ3) is 1.45. The Balaban J connectivity index is 1.80. The van der Waals surface area contributed by atoms with Crippen molar-refractivity contribution in [2.24, 2.45) is 4.99 Å². The zero-order chi connectivity index (χ0) is 11.4. The molecule has 0 bridgehead atoms. The summed E-state index contributed by atoms with van der Waals surface area (Å²) in [5, 5.41) is 2.12. The van der Waals surface area contributed by atoms with Crippen LogP contribution in [0.1, 0.15) is 23.6 Å². The SMILES string of the molecule is Clc1ccc2c(c1)CC[C@@H]1[C@@H]2N=C2SCCN21. The van der Waals surface area contributed by atoms with Crippen LogP contribution in [0.4, 0.5) is 0 Å². The van der Waals surface area contributed by atoms with Crippen molar-refractivity contribution in [1.29, 1.82) is 0 Å². The van der Waals surface area contributed by atoms with E-state index in [1.54, 1.807) is 0 Å². The highest BCUT2D eigenvalue weighted by atomic mass is 35.5. The van der Waals surface area contributed by atoms with E-state index in [1.165, 1.54) is 35.0 Å². The minimum Gasteiger partial charge on any atom is -0.345 e. The Hall–Kier alpha value is -0.670. The van der Waals surface area contributed by atoms with E-state index in [9.17, 15) is 0 Å². The number of benzene rings is 1. The average Bonchev–Trinajstić information content (AvgIpc) is 2.88. The summed E-state index contributed by atoms with van der Waals surface area (Å²) in [7, 11) is 0. The van der Waals surface area contributed by atoms with Crippen molar-refractivity contribution in [2.45, 2.75) is 24.9 Å². The van der Waals surface area contributed by atoms with Crippen LogP contribution in [-0.2, 0) is 6.42 Å². The van der Waals surface area contributed by atoms with Crippen molar-refractivity contribution >= 4 is 28.5 Å². The molecule has 2 atom stereocenters. The summed E-state index contributed by atoms with van der Waals surface area (Å²) in [6.07, 6.45) is 2.35. The van der Waals surface area contributed by atoms with Crippen LogP contribution in [0.5, 0.6) is 0 Å². The lowest BCUT2D eigenvalue weighted by Gasteiger charge is -2.32. The first-order valence-corrected chi connectivity index (χ1v) is 7.45. The topological polar surface area (TPSA) is 15.6 Å². The fraction of sp³-hybridized carbons (Fsp3) is 0.462.